The highest BCUT2D eigenvalue weighted by atomic mass is 19.1. The number of hydrogen-bond donors (Lipinski definition) is 2. The molecular weight excluding hydrogens is 391 g/mol. The van der Waals surface area contributed by atoms with Crippen LogP contribution >= 0.6 is 0 Å². The fourth-order valence-corrected chi connectivity index (χ4v) is 4.69. The van der Waals surface area contributed by atoms with E-state index >= 15 is 4.39 Å². The summed E-state index contributed by atoms with van der Waals surface area (Å²) in [5.74, 6) is -0.305. The molecule has 0 atom stereocenters. The highest BCUT2D eigenvalue weighted by Gasteiger charge is 2.38. The van der Waals surface area contributed by atoms with Crippen LogP contribution in [0.25, 0.3) is 10.9 Å². The molecule has 2 N–H and O–H groups in total. The van der Waals surface area contributed by atoms with Gasteiger partial charge in [0.05, 0.1) is 23.4 Å². The minimum absolute atomic E-state index is 0.190. The van der Waals surface area contributed by atoms with Gasteiger partial charge in [-0.25, -0.2) is 9.18 Å². The summed E-state index contributed by atoms with van der Waals surface area (Å²) in [5.41, 5.74) is 1.02. The molecular formula is C20H25FN6O3. The number of urea groups is 1. The van der Waals surface area contributed by atoms with Crippen LogP contribution in [0, 0.1) is 5.82 Å². The Morgan fingerprint density at radius 3 is 2.77 bits per heavy atom. The highest BCUT2D eigenvalue weighted by Crippen LogP contribution is 2.35. The maximum atomic E-state index is 15.3. The second-order valence-corrected chi connectivity index (χ2v) is 8.23. The predicted octanol–water partition coefficient (Wildman–Crippen LogP) is 1.12. The fourth-order valence-electron chi connectivity index (χ4n) is 4.69. The number of hydrogen-bond acceptors (Lipinski definition) is 6. The van der Waals surface area contributed by atoms with Gasteiger partial charge >= 0.3 is 6.03 Å². The van der Waals surface area contributed by atoms with Crippen molar-refractivity contribution in [2.45, 2.75) is 24.9 Å². The van der Waals surface area contributed by atoms with E-state index in [1.54, 1.807) is 17.8 Å². The summed E-state index contributed by atoms with van der Waals surface area (Å²) >= 11 is 0. The Morgan fingerprint density at radius 2 is 2.00 bits per heavy atom. The normalized spacial score (nSPS) is 22.1. The Morgan fingerprint density at radius 1 is 1.20 bits per heavy atom. The van der Waals surface area contributed by atoms with Gasteiger partial charge in [-0.15, -0.1) is 0 Å². The summed E-state index contributed by atoms with van der Waals surface area (Å²) in [6.07, 6.45) is 2.01. The topological polar surface area (TPSA) is 91.7 Å². The standard InChI is InChI=1S/C20H25FN6O3/c1-25-15-11-16(26-8-9-30-20(12-26)3-5-22-6-4-20)14(21)10-13(15)18(24-25)27-7-2-17(28)23-19(27)29/h10-11,22H,2-9,12H2,1H3,(H,23,28,29). The van der Waals surface area contributed by atoms with Gasteiger partial charge in [0, 0.05) is 38.5 Å². The number of benzene rings is 1. The minimum atomic E-state index is -0.531. The van der Waals surface area contributed by atoms with E-state index in [4.69, 9.17) is 4.74 Å². The number of halogens is 1. The molecule has 0 bridgehead atoms. The molecule has 9 nitrogen and oxygen atoms in total. The number of nitrogens with one attached hydrogen (secondary N) is 2. The third-order valence-electron chi connectivity index (χ3n) is 6.31. The fraction of sp³-hybridized carbons (Fsp3) is 0.550. The molecule has 10 heteroatoms. The molecule has 4 heterocycles. The SMILES string of the molecule is Cn1nc(N2CCC(=O)NC2=O)c2cc(F)c(N3CCOC4(CCNCC4)C3)cc21. The van der Waals surface area contributed by atoms with E-state index in [0.29, 0.717) is 36.6 Å². The molecule has 0 unspecified atom stereocenters. The Labute approximate surface area is 173 Å². The number of imide groups is 1. The van der Waals surface area contributed by atoms with Crippen molar-refractivity contribution in [2.75, 3.05) is 49.1 Å². The smallest absolute Gasteiger partial charge is 0.329 e. The summed E-state index contributed by atoms with van der Waals surface area (Å²) < 4.78 is 23.0. The molecule has 3 amide bonds. The van der Waals surface area contributed by atoms with E-state index < -0.39 is 6.03 Å². The average molecular weight is 416 g/mol. The molecule has 0 aliphatic carbocycles. The first-order valence-corrected chi connectivity index (χ1v) is 10.3. The maximum absolute atomic E-state index is 15.3. The number of aryl methyl sites for hydroxylation is 1. The molecule has 30 heavy (non-hydrogen) atoms. The van der Waals surface area contributed by atoms with Crippen LogP contribution < -0.4 is 20.4 Å². The lowest BCUT2D eigenvalue weighted by Crippen LogP contribution is -2.56. The van der Waals surface area contributed by atoms with Crippen LogP contribution in [0.2, 0.25) is 0 Å². The molecule has 3 aliphatic rings. The molecule has 1 aromatic heterocycles. The summed E-state index contributed by atoms with van der Waals surface area (Å²) in [6, 6.07) is 2.71. The van der Waals surface area contributed by atoms with Gasteiger partial charge in [-0.1, -0.05) is 0 Å². The van der Waals surface area contributed by atoms with E-state index in [-0.39, 0.29) is 30.3 Å². The average Bonchev–Trinajstić information content (AvgIpc) is 3.03. The Kier molecular flexibility index (Phi) is 4.62. The second kappa shape index (κ2) is 7.21. The number of carbonyl (C=O) groups is 2. The molecule has 2 aromatic rings. The van der Waals surface area contributed by atoms with Crippen molar-refractivity contribution in [1.29, 1.82) is 0 Å². The zero-order valence-corrected chi connectivity index (χ0v) is 16.9. The van der Waals surface area contributed by atoms with Gasteiger partial charge in [-0.2, -0.15) is 5.10 Å². The Bertz CT molecular complexity index is 1010. The molecule has 1 spiro atoms. The lowest BCUT2D eigenvalue weighted by Gasteiger charge is -2.46. The minimum Gasteiger partial charge on any atom is -0.371 e. The number of anilines is 2. The summed E-state index contributed by atoms with van der Waals surface area (Å²) in [6.45, 7) is 3.87. The first kappa shape index (κ1) is 19.3. The number of ether oxygens (including phenoxy) is 1. The van der Waals surface area contributed by atoms with Gasteiger partial charge in [0.15, 0.2) is 5.82 Å². The summed E-state index contributed by atoms with van der Waals surface area (Å²) in [7, 11) is 1.77. The van der Waals surface area contributed by atoms with E-state index in [1.807, 2.05) is 0 Å². The Hall–Kier alpha value is -2.72. The van der Waals surface area contributed by atoms with Gasteiger partial charge in [0.2, 0.25) is 5.91 Å². The van der Waals surface area contributed by atoms with Crippen molar-refractivity contribution in [2.24, 2.45) is 7.05 Å². The lowest BCUT2D eigenvalue weighted by molar-refractivity contribution is -0.120. The van der Waals surface area contributed by atoms with Gasteiger partial charge < -0.3 is 15.0 Å². The van der Waals surface area contributed by atoms with Crippen molar-refractivity contribution in [3.63, 3.8) is 0 Å². The largest absolute Gasteiger partial charge is 0.371 e. The monoisotopic (exact) mass is 416 g/mol. The van der Waals surface area contributed by atoms with Crippen molar-refractivity contribution < 1.29 is 18.7 Å². The molecule has 1 aromatic carbocycles. The van der Waals surface area contributed by atoms with Crippen molar-refractivity contribution in [3.8, 4) is 0 Å². The first-order chi connectivity index (χ1) is 14.5. The molecule has 0 saturated carbocycles. The number of rotatable bonds is 2. The second-order valence-electron chi connectivity index (χ2n) is 8.23. The van der Waals surface area contributed by atoms with Gasteiger partial charge in [-0.05, 0) is 38.1 Å². The van der Waals surface area contributed by atoms with Crippen molar-refractivity contribution >= 4 is 34.3 Å². The zero-order valence-electron chi connectivity index (χ0n) is 16.9. The van der Waals surface area contributed by atoms with Crippen LogP contribution in [-0.2, 0) is 16.6 Å². The van der Waals surface area contributed by atoms with Gasteiger partial charge in [0.1, 0.15) is 5.82 Å². The number of carbonyl (C=O) groups excluding carboxylic acids is 2. The van der Waals surface area contributed by atoms with Crippen LogP contribution in [-0.4, -0.2) is 66.7 Å². The number of morpholine rings is 1. The van der Waals surface area contributed by atoms with Crippen LogP contribution in [0.5, 0.6) is 0 Å². The summed E-state index contributed by atoms with van der Waals surface area (Å²) in [5, 5.41) is 10.6. The van der Waals surface area contributed by atoms with Crippen LogP contribution in [0.15, 0.2) is 12.1 Å². The number of aromatic nitrogens is 2. The van der Waals surface area contributed by atoms with Crippen molar-refractivity contribution in [3.05, 3.63) is 17.9 Å². The third kappa shape index (κ3) is 3.20. The quantitative estimate of drug-likeness (QED) is 0.762. The number of fused-ring (bicyclic) bond motifs is 1. The Balaban J connectivity index is 1.49. The highest BCUT2D eigenvalue weighted by molar-refractivity contribution is 6.09. The molecule has 5 rings (SSSR count). The first-order valence-electron chi connectivity index (χ1n) is 10.3. The lowest BCUT2D eigenvalue weighted by atomic mass is 9.90. The number of amides is 3. The van der Waals surface area contributed by atoms with Crippen molar-refractivity contribution in [1.82, 2.24) is 20.4 Å². The maximum Gasteiger partial charge on any atom is 0.329 e. The van der Waals surface area contributed by atoms with E-state index in [9.17, 15) is 9.59 Å². The summed E-state index contributed by atoms with van der Waals surface area (Å²) in [4.78, 5) is 27.2. The third-order valence-corrected chi connectivity index (χ3v) is 6.31. The molecule has 3 aliphatic heterocycles. The number of nitrogens with zero attached hydrogens (tertiary/aromatic N) is 4. The van der Waals surface area contributed by atoms with E-state index in [2.05, 4.69) is 20.6 Å². The molecule has 0 radical (unpaired) electrons. The van der Waals surface area contributed by atoms with Crippen LogP contribution in [0.3, 0.4) is 0 Å². The number of piperidine rings is 1. The van der Waals surface area contributed by atoms with E-state index in [1.165, 1.54) is 11.0 Å². The van der Waals surface area contributed by atoms with Gasteiger partial charge in [0.25, 0.3) is 0 Å². The molecule has 160 valence electrons. The van der Waals surface area contributed by atoms with Crippen LogP contribution in [0.1, 0.15) is 19.3 Å². The predicted molar refractivity (Wildman–Crippen MR) is 109 cm³/mol. The molecule has 3 fully saturated rings. The molecule has 3 saturated heterocycles. The van der Waals surface area contributed by atoms with Gasteiger partial charge in [-0.3, -0.25) is 19.7 Å². The van der Waals surface area contributed by atoms with E-state index in [0.717, 1.165) is 31.4 Å². The van der Waals surface area contributed by atoms with Crippen LogP contribution in [0.4, 0.5) is 20.7 Å². The zero-order chi connectivity index (χ0) is 20.9.